The van der Waals surface area contributed by atoms with Crippen LogP contribution in [0.5, 0.6) is 0 Å². The molecule has 10 heteroatoms. The number of benzene rings is 2. The third-order valence-electron chi connectivity index (χ3n) is 4.64. The molecule has 5 nitrogen and oxygen atoms in total. The fourth-order valence-electron chi connectivity index (χ4n) is 3.18. The van der Waals surface area contributed by atoms with Crippen molar-refractivity contribution < 1.29 is 30.8 Å². The number of amides is 1. The van der Waals surface area contributed by atoms with Crippen molar-refractivity contribution in [1.29, 1.82) is 0 Å². The van der Waals surface area contributed by atoms with Crippen LogP contribution in [0.1, 0.15) is 22.3 Å². The first-order valence-electron chi connectivity index (χ1n) is 8.82. The lowest BCUT2D eigenvalue weighted by Gasteiger charge is -2.23. The van der Waals surface area contributed by atoms with Crippen molar-refractivity contribution in [3.63, 3.8) is 0 Å². The van der Waals surface area contributed by atoms with Gasteiger partial charge >= 0.3 is 6.18 Å². The number of nitrogens with zero attached hydrogens (tertiary/aromatic N) is 2. The standard InChI is InChI=1S/C19H18F4N2O3S/c20-15-8-6-14(7-9-15)18(26)24-10-3-11-25(13-12-24)29(27,28)17-5-2-1-4-16(17)19(21,22)23/h1-2,4-9H,3,10-13H2. The summed E-state index contributed by atoms with van der Waals surface area (Å²) < 4.78 is 79.5. The van der Waals surface area contributed by atoms with Gasteiger partial charge in [-0.1, -0.05) is 12.1 Å². The highest BCUT2D eigenvalue weighted by molar-refractivity contribution is 7.89. The minimum Gasteiger partial charge on any atom is -0.337 e. The zero-order chi connectivity index (χ0) is 21.2. The van der Waals surface area contributed by atoms with Crippen LogP contribution in [0.3, 0.4) is 0 Å². The SMILES string of the molecule is O=C(c1ccc(F)cc1)N1CCCN(S(=O)(=O)c2ccccc2C(F)(F)F)CC1. The molecule has 0 unspecified atom stereocenters. The van der Waals surface area contributed by atoms with Gasteiger partial charge in [-0.2, -0.15) is 17.5 Å². The smallest absolute Gasteiger partial charge is 0.337 e. The van der Waals surface area contributed by atoms with Crippen LogP contribution in [0.15, 0.2) is 53.4 Å². The van der Waals surface area contributed by atoms with Crippen LogP contribution in [0.25, 0.3) is 0 Å². The predicted molar refractivity (Wildman–Crippen MR) is 97.1 cm³/mol. The molecule has 29 heavy (non-hydrogen) atoms. The van der Waals surface area contributed by atoms with Crippen molar-refractivity contribution in [2.45, 2.75) is 17.5 Å². The summed E-state index contributed by atoms with van der Waals surface area (Å²) in [6, 6.07) is 9.00. The van der Waals surface area contributed by atoms with E-state index in [4.69, 9.17) is 0 Å². The molecule has 0 aliphatic carbocycles. The Morgan fingerprint density at radius 1 is 0.897 bits per heavy atom. The predicted octanol–water partition coefficient (Wildman–Crippen LogP) is 3.38. The Hall–Kier alpha value is -2.46. The molecule has 1 amide bonds. The number of rotatable bonds is 3. The first kappa shape index (κ1) is 21.3. The Morgan fingerprint density at radius 2 is 1.55 bits per heavy atom. The maximum atomic E-state index is 13.2. The highest BCUT2D eigenvalue weighted by Gasteiger charge is 2.39. The second kappa shape index (κ2) is 8.11. The lowest BCUT2D eigenvalue weighted by atomic mass is 10.2. The molecule has 3 rings (SSSR count). The van der Waals surface area contributed by atoms with Gasteiger partial charge in [-0.05, 0) is 42.8 Å². The molecule has 0 radical (unpaired) electrons. The number of hydrogen-bond donors (Lipinski definition) is 0. The summed E-state index contributed by atoms with van der Waals surface area (Å²) in [5.41, 5.74) is -0.964. The topological polar surface area (TPSA) is 57.7 Å². The van der Waals surface area contributed by atoms with Gasteiger partial charge in [0.05, 0.1) is 10.5 Å². The van der Waals surface area contributed by atoms with Gasteiger partial charge in [0.1, 0.15) is 5.82 Å². The second-order valence-electron chi connectivity index (χ2n) is 6.55. The van der Waals surface area contributed by atoms with E-state index in [0.717, 1.165) is 34.6 Å². The molecule has 1 heterocycles. The summed E-state index contributed by atoms with van der Waals surface area (Å²) >= 11 is 0. The van der Waals surface area contributed by atoms with Gasteiger partial charge < -0.3 is 4.90 Å². The van der Waals surface area contributed by atoms with Crippen molar-refractivity contribution in [1.82, 2.24) is 9.21 Å². The first-order chi connectivity index (χ1) is 13.6. The van der Waals surface area contributed by atoms with Crippen molar-refractivity contribution in [3.8, 4) is 0 Å². The van der Waals surface area contributed by atoms with Crippen LogP contribution in [-0.2, 0) is 16.2 Å². The molecular weight excluding hydrogens is 412 g/mol. The maximum Gasteiger partial charge on any atom is 0.417 e. The van der Waals surface area contributed by atoms with Gasteiger partial charge in [-0.3, -0.25) is 4.79 Å². The van der Waals surface area contributed by atoms with Gasteiger partial charge in [0, 0.05) is 31.7 Å². The number of carbonyl (C=O) groups excluding carboxylic acids is 1. The monoisotopic (exact) mass is 430 g/mol. The van der Waals surface area contributed by atoms with E-state index in [2.05, 4.69) is 0 Å². The Balaban J connectivity index is 1.80. The minimum atomic E-state index is -4.81. The van der Waals surface area contributed by atoms with Gasteiger partial charge in [-0.25, -0.2) is 12.8 Å². The average Bonchev–Trinajstić information content (AvgIpc) is 2.94. The van der Waals surface area contributed by atoms with Crippen LogP contribution >= 0.6 is 0 Å². The number of carbonyl (C=O) groups is 1. The summed E-state index contributed by atoms with van der Waals surface area (Å²) in [5, 5.41) is 0. The number of alkyl halides is 3. The molecule has 0 aromatic heterocycles. The molecule has 0 saturated carbocycles. The van der Waals surface area contributed by atoms with Crippen molar-refractivity contribution in [2.24, 2.45) is 0 Å². The Kier molecular flexibility index (Phi) is 5.95. The van der Waals surface area contributed by atoms with E-state index in [-0.39, 0.29) is 44.1 Å². The molecule has 0 atom stereocenters. The molecule has 0 N–H and O–H groups in total. The molecule has 1 aliphatic rings. The molecule has 2 aromatic carbocycles. The fraction of sp³-hybridized carbons (Fsp3) is 0.316. The van der Waals surface area contributed by atoms with E-state index < -0.39 is 32.5 Å². The van der Waals surface area contributed by atoms with Crippen molar-refractivity contribution >= 4 is 15.9 Å². The van der Waals surface area contributed by atoms with Gasteiger partial charge in [0.25, 0.3) is 5.91 Å². The van der Waals surface area contributed by atoms with Crippen molar-refractivity contribution in [2.75, 3.05) is 26.2 Å². The molecule has 1 fully saturated rings. The Morgan fingerprint density at radius 3 is 2.21 bits per heavy atom. The highest BCUT2D eigenvalue weighted by Crippen LogP contribution is 2.35. The number of halogens is 4. The Labute approximate surface area is 165 Å². The van der Waals surface area contributed by atoms with Crippen LogP contribution in [-0.4, -0.2) is 49.7 Å². The van der Waals surface area contributed by atoms with Crippen LogP contribution in [0.4, 0.5) is 17.6 Å². The summed E-state index contributed by atoms with van der Waals surface area (Å²) in [6.45, 7) is 0.107. The Bertz CT molecular complexity index is 991. The lowest BCUT2D eigenvalue weighted by Crippen LogP contribution is -2.37. The average molecular weight is 430 g/mol. The highest BCUT2D eigenvalue weighted by atomic mass is 32.2. The van der Waals surface area contributed by atoms with E-state index in [9.17, 15) is 30.8 Å². The summed E-state index contributed by atoms with van der Waals surface area (Å²) in [6.07, 6.45) is -4.54. The molecule has 1 aliphatic heterocycles. The van der Waals surface area contributed by atoms with E-state index in [0.29, 0.717) is 0 Å². The second-order valence-corrected chi connectivity index (χ2v) is 8.46. The van der Waals surface area contributed by atoms with Crippen LogP contribution in [0, 0.1) is 5.82 Å². The van der Waals surface area contributed by atoms with Gasteiger partial charge in [-0.15, -0.1) is 0 Å². The molecule has 2 aromatic rings. The number of sulfonamides is 1. The van der Waals surface area contributed by atoms with Crippen molar-refractivity contribution in [3.05, 3.63) is 65.5 Å². The van der Waals surface area contributed by atoms with Gasteiger partial charge in [0.2, 0.25) is 10.0 Å². The minimum absolute atomic E-state index is 0.0122. The summed E-state index contributed by atoms with van der Waals surface area (Å²) in [4.78, 5) is 13.2. The van der Waals surface area contributed by atoms with Gasteiger partial charge in [0.15, 0.2) is 0 Å². The molecule has 156 valence electrons. The quantitative estimate of drug-likeness (QED) is 0.702. The number of hydrogen-bond acceptors (Lipinski definition) is 3. The zero-order valence-corrected chi connectivity index (χ0v) is 16.0. The van der Waals surface area contributed by atoms with E-state index in [1.807, 2.05) is 0 Å². The normalized spacial score (nSPS) is 16.5. The van der Waals surface area contributed by atoms with E-state index >= 15 is 0 Å². The van der Waals surface area contributed by atoms with E-state index in [1.54, 1.807) is 0 Å². The van der Waals surface area contributed by atoms with Crippen LogP contribution in [0.2, 0.25) is 0 Å². The fourth-order valence-corrected chi connectivity index (χ4v) is 4.86. The lowest BCUT2D eigenvalue weighted by molar-refractivity contribution is -0.139. The third-order valence-corrected chi connectivity index (χ3v) is 6.60. The maximum absolute atomic E-state index is 13.2. The van der Waals surface area contributed by atoms with Crippen LogP contribution < -0.4 is 0 Å². The van der Waals surface area contributed by atoms with E-state index in [1.165, 1.54) is 23.1 Å². The molecular formula is C19H18F4N2O3S. The summed E-state index contributed by atoms with van der Waals surface area (Å²) in [5.74, 6) is -0.877. The summed E-state index contributed by atoms with van der Waals surface area (Å²) in [7, 11) is -4.39. The molecule has 1 saturated heterocycles. The largest absolute Gasteiger partial charge is 0.417 e. The third kappa shape index (κ3) is 4.59. The molecule has 0 bridgehead atoms. The first-order valence-corrected chi connectivity index (χ1v) is 10.3. The zero-order valence-electron chi connectivity index (χ0n) is 15.2. The molecule has 0 spiro atoms.